The van der Waals surface area contributed by atoms with E-state index in [1.54, 1.807) is 0 Å². The van der Waals surface area contributed by atoms with Crippen molar-refractivity contribution in [3.05, 3.63) is 0 Å². The van der Waals surface area contributed by atoms with Gasteiger partial charge in [-0.2, -0.15) is 25.3 Å². The topological polar surface area (TPSA) is 208 Å². The number of nitrogens with one attached hydrogen (secondary N) is 3. The van der Waals surface area contributed by atoms with Gasteiger partial charge in [-0.1, -0.05) is 0 Å². The third-order valence-corrected chi connectivity index (χ3v) is 3.89. The van der Waals surface area contributed by atoms with Crippen LogP contribution in [0.15, 0.2) is 0 Å². The maximum absolute atomic E-state index is 12.2. The number of nitrogens with two attached hydrogens (primary N) is 1. The van der Waals surface area contributed by atoms with Crippen molar-refractivity contribution in [2.75, 3.05) is 18.1 Å². The van der Waals surface area contributed by atoms with Crippen molar-refractivity contribution in [3.63, 3.8) is 0 Å². The van der Waals surface area contributed by atoms with E-state index in [1.807, 2.05) is 5.32 Å². The second-order valence-electron chi connectivity index (χ2n) is 5.27. The van der Waals surface area contributed by atoms with Gasteiger partial charge in [0.05, 0.1) is 19.1 Å². The minimum Gasteiger partial charge on any atom is -0.481 e. The van der Waals surface area contributed by atoms with Crippen LogP contribution in [0.3, 0.4) is 0 Å². The normalized spacial score (nSPS) is 15.0. The number of carboxylic acids is 2. The van der Waals surface area contributed by atoms with Gasteiger partial charge in [-0.15, -0.1) is 0 Å². The summed E-state index contributed by atoms with van der Waals surface area (Å²) in [4.78, 5) is 57.4. The van der Waals surface area contributed by atoms with E-state index < -0.39 is 66.9 Å². The molecule has 0 radical (unpaired) electrons. The molecule has 0 bridgehead atoms. The first kappa shape index (κ1) is 25.0. The van der Waals surface area contributed by atoms with Gasteiger partial charge < -0.3 is 37.0 Å². The van der Waals surface area contributed by atoms with Crippen LogP contribution in [-0.2, 0) is 24.0 Å². The minimum atomic E-state index is -1.56. The van der Waals surface area contributed by atoms with E-state index in [0.717, 1.165) is 0 Å². The predicted octanol–water partition coefficient (Wildman–Crippen LogP) is -3.82. The molecule has 0 rings (SSSR count). The summed E-state index contributed by atoms with van der Waals surface area (Å²) in [6.45, 7) is -0.856. The van der Waals surface area contributed by atoms with Crippen LogP contribution in [0.2, 0.25) is 0 Å². The maximum atomic E-state index is 12.2. The SMILES string of the molecule is NC(CC(=O)O)C(=O)NC(CS)C(=O)NC(CS)C(=O)NC(CO)C(=O)O. The van der Waals surface area contributed by atoms with Crippen LogP contribution in [0.4, 0.5) is 0 Å². The third kappa shape index (κ3) is 8.94. The molecule has 4 atom stereocenters. The molecule has 0 aromatic rings. The zero-order valence-electron chi connectivity index (χ0n) is 14.0. The molecule has 0 aromatic carbocycles. The molecule has 0 aliphatic rings. The van der Waals surface area contributed by atoms with Gasteiger partial charge in [0.2, 0.25) is 17.7 Å². The lowest BCUT2D eigenvalue weighted by molar-refractivity contribution is -0.143. The van der Waals surface area contributed by atoms with Crippen LogP contribution in [0.25, 0.3) is 0 Å². The lowest BCUT2D eigenvalue weighted by atomic mass is 10.2. The van der Waals surface area contributed by atoms with Crippen molar-refractivity contribution in [2.24, 2.45) is 5.73 Å². The van der Waals surface area contributed by atoms with Crippen LogP contribution in [-0.4, -0.2) is 87.3 Å². The maximum Gasteiger partial charge on any atom is 0.328 e. The van der Waals surface area contributed by atoms with Gasteiger partial charge >= 0.3 is 11.9 Å². The summed E-state index contributed by atoms with van der Waals surface area (Å²) in [7, 11) is 0. The Balaban J connectivity index is 4.91. The monoisotopic (exact) mass is 426 g/mol. The Kier molecular flexibility index (Phi) is 11.4. The molecule has 0 aliphatic carbocycles. The summed E-state index contributed by atoms with van der Waals surface area (Å²) in [5.74, 6) is -5.81. The largest absolute Gasteiger partial charge is 0.481 e. The van der Waals surface area contributed by atoms with E-state index >= 15 is 0 Å². The summed E-state index contributed by atoms with van der Waals surface area (Å²) >= 11 is 7.80. The highest BCUT2D eigenvalue weighted by Crippen LogP contribution is 1.97. The van der Waals surface area contributed by atoms with Crippen molar-refractivity contribution in [1.29, 1.82) is 0 Å². The van der Waals surface area contributed by atoms with Crippen LogP contribution in [0.1, 0.15) is 6.42 Å². The molecule has 154 valence electrons. The van der Waals surface area contributed by atoms with Crippen molar-refractivity contribution in [2.45, 2.75) is 30.6 Å². The number of aliphatic hydroxyl groups excluding tert-OH is 1. The van der Waals surface area contributed by atoms with Crippen molar-refractivity contribution >= 4 is 54.9 Å². The fraction of sp³-hybridized carbons (Fsp3) is 0.615. The van der Waals surface area contributed by atoms with Gasteiger partial charge in [-0.3, -0.25) is 19.2 Å². The minimum absolute atomic E-state index is 0.188. The number of hydrogen-bond donors (Lipinski definition) is 9. The van der Waals surface area contributed by atoms with E-state index in [2.05, 4.69) is 35.9 Å². The van der Waals surface area contributed by atoms with Crippen molar-refractivity contribution in [1.82, 2.24) is 16.0 Å². The van der Waals surface area contributed by atoms with Gasteiger partial charge in [-0.25, -0.2) is 4.79 Å². The molecule has 27 heavy (non-hydrogen) atoms. The van der Waals surface area contributed by atoms with Gasteiger partial charge in [0.15, 0.2) is 0 Å². The highest BCUT2D eigenvalue weighted by atomic mass is 32.1. The Morgan fingerprint density at radius 1 is 0.815 bits per heavy atom. The zero-order chi connectivity index (χ0) is 21.1. The first-order chi connectivity index (χ1) is 12.6. The smallest absolute Gasteiger partial charge is 0.328 e. The Morgan fingerprint density at radius 3 is 1.56 bits per heavy atom. The molecule has 0 saturated carbocycles. The molecule has 0 spiro atoms. The number of thiol groups is 2. The average Bonchev–Trinajstić information content (AvgIpc) is 2.60. The molecule has 0 heterocycles. The number of amides is 3. The summed E-state index contributed by atoms with van der Waals surface area (Å²) in [6, 6.07) is -5.45. The number of carbonyl (C=O) groups is 5. The highest BCUT2D eigenvalue weighted by Gasteiger charge is 2.29. The molecule has 0 aliphatic heterocycles. The first-order valence-electron chi connectivity index (χ1n) is 7.51. The van der Waals surface area contributed by atoms with E-state index in [9.17, 15) is 24.0 Å². The van der Waals surface area contributed by atoms with Crippen molar-refractivity contribution in [3.8, 4) is 0 Å². The molecule has 14 heteroatoms. The lowest BCUT2D eigenvalue weighted by Gasteiger charge is -2.23. The highest BCUT2D eigenvalue weighted by molar-refractivity contribution is 7.80. The van der Waals surface area contributed by atoms with Crippen molar-refractivity contribution < 1.29 is 39.3 Å². The summed E-state index contributed by atoms with van der Waals surface area (Å²) in [6.07, 6.45) is -0.647. The Bertz CT molecular complexity index is 577. The molecule has 0 aromatic heterocycles. The lowest BCUT2D eigenvalue weighted by Crippen LogP contribution is -2.58. The molecule has 4 unspecified atom stereocenters. The zero-order valence-corrected chi connectivity index (χ0v) is 15.8. The van der Waals surface area contributed by atoms with Crippen LogP contribution in [0.5, 0.6) is 0 Å². The number of aliphatic carboxylic acids is 2. The fourth-order valence-electron chi connectivity index (χ4n) is 1.68. The van der Waals surface area contributed by atoms with Crippen LogP contribution < -0.4 is 21.7 Å². The second kappa shape index (κ2) is 12.4. The van der Waals surface area contributed by atoms with E-state index in [-0.39, 0.29) is 11.5 Å². The summed E-state index contributed by atoms with van der Waals surface area (Å²) in [5.41, 5.74) is 5.39. The predicted molar refractivity (Wildman–Crippen MR) is 98.4 cm³/mol. The standard InChI is InChI=1S/C13H22N4O8S2/c14-5(1-9(19)20)10(21)16-7(3-26)12(23)17-8(4-27)11(22)15-6(2-18)13(24)25/h5-8,18,26-27H,1-4,14H2,(H,15,22)(H,16,21)(H,17,23)(H,19,20)(H,24,25). The first-order valence-corrected chi connectivity index (χ1v) is 8.77. The molecule has 3 amide bonds. The number of carbonyl (C=O) groups excluding carboxylic acids is 3. The number of carboxylic acid groups (broad SMARTS) is 2. The van der Waals surface area contributed by atoms with Gasteiger partial charge in [-0.05, 0) is 0 Å². The number of hydrogen-bond acceptors (Lipinski definition) is 9. The molecule has 0 fully saturated rings. The molecule has 0 saturated heterocycles. The Morgan fingerprint density at radius 2 is 1.22 bits per heavy atom. The summed E-state index contributed by atoms with van der Waals surface area (Å²) < 4.78 is 0. The average molecular weight is 426 g/mol. The fourth-order valence-corrected chi connectivity index (χ4v) is 2.19. The summed E-state index contributed by atoms with van der Waals surface area (Å²) in [5, 5.41) is 32.8. The second-order valence-corrected chi connectivity index (χ2v) is 6.00. The third-order valence-electron chi connectivity index (χ3n) is 3.16. The molecule has 8 N–H and O–H groups in total. The van der Waals surface area contributed by atoms with Gasteiger partial charge in [0.1, 0.15) is 18.1 Å². The molecule has 12 nitrogen and oxygen atoms in total. The Hall–Kier alpha value is -2.03. The van der Waals surface area contributed by atoms with E-state index in [4.69, 9.17) is 21.1 Å². The number of aliphatic hydroxyl groups is 1. The van der Waals surface area contributed by atoms with Crippen LogP contribution in [0, 0.1) is 0 Å². The van der Waals surface area contributed by atoms with E-state index in [0.29, 0.717) is 0 Å². The van der Waals surface area contributed by atoms with E-state index in [1.165, 1.54) is 0 Å². The molecular formula is C13H22N4O8S2. The van der Waals surface area contributed by atoms with Gasteiger partial charge in [0.25, 0.3) is 0 Å². The van der Waals surface area contributed by atoms with Crippen LogP contribution >= 0.6 is 25.3 Å². The number of rotatable bonds is 12. The quantitative estimate of drug-likeness (QED) is 0.140. The Labute approximate surface area is 165 Å². The molecular weight excluding hydrogens is 404 g/mol. The van der Waals surface area contributed by atoms with Gasteiger partial charge in [0, 0.05) is 11.5 Å².